The van der Waals surface area contributed by atoms with Crippen molar-refractivity contribution in [1.29, 1.82) is 0 Å². The first-order valence-corrected chi connectivity index (χ1v) is 10.1. The highest BCUT2D eigenvalue weighted by atomic mass is 35.5. The van der Waals surface area contributed by atoms with E-state index in [1.165, 1.54) is 0 Å². The highest BCUT2D eigenvalue weighted by Gasteiger charge is 2.28. The molecule has 0 aromatic heterocycles. The van der Waals surface area contributed by atoms with Gasteiger partial charge in [0.2, 0.25) is 5.91 Å². The maximum absolute atomic E-state index is 12.8. The van der Waals surface area contributed by atoms with Gasteiger partial charge in [0.05, 0.1) is 10.0 Å². The molecule has 1 aromatic rings. The van der Waals surface area contributed by atoms with Gasteiger partial charge in [0, 0.05) is 31.7 Å². The monoisotopic (exact) mass is 414 g/mol. The Morgan fingerprint density at radius 2 is 1.81 bits per heavy atom. The van der Waals surface area contributed by atoms with Crippen molar-refractivity contribution >= 4 is 40.9 Å². The van der Waals surface area contributed by atoms with Crippen molar-refractivity contribution in [3.63, 3.8) is 0 Å². The predicted octanol–water partition coefficient (Wildman–Crippen LogP) is 5.38. The molecule has 0 N–H and O–H groups in total. The Bertz CT molecular complexity index is 680. The highest BCUT2D eigenvalue weighted by molar-refractivity contribution is 6.42. The third-order valence-corrected chi connectivity index (χ3v) is 5.30. The van der Waals surface area contributed by atoms with Crippen molar-refractivity contribution in [3.8, 4) is 0 Å². The molecule has 150 valence electrons. The standard InChI is InChI=1S/C20H28Cl2N2O3/c1-5-24(15-6-7-16(21)17(22)13-15)18(25)12-14-8-10-23(11-9-14)19(26)27-20(2,3)4/h6-7,13-14H,5,8-12H2,1-4H3. The number of carbonyl (C=O) groups excluding carboxylic acids is 2. The molecule has 0 saturated carbocycles. The van der Waals surface area contributed by atoms with Gasteiger partial charge >= 0.3 is 6.09 Å². The van der Waals surface area contributed by atoms with E-state index in [0.717, 1.165) is 18.5 Å². The molecule has 0 unspecified atom stereocenters. The summed E-state index contributed by atoms with van der Waals surface area (Å²) in [5.41, 5.74) is 0.258. The van der Waals surface area contributed by atoms with Gasteiger partial charge in [-0.15, -0.1) is 0 Å². The van der Waals surface area contributed by atoms with Crippen molar-refractivity contribution in [3.05, 3.63) is 28.2 Å². The zero-order chi connectivity index (χ0) is 20.2. The topological polar surface area (TPSA) is 49.9 Å². The molecule has 5 nitrogen and oxygen atoms in total. The second-order valence-corrected chi connectivity index (χ2v) is 8.67. The lowest BCUT2D eigenvalue weighted by atomic mass is 9.93. The Hall–Kier alpha value is -1.46. The zero-order valence-corrected chi connectivity index (χ0v) is 17.9. The van der Waals surface area contributed by atoms with Crippen LogP contribution in [0.5, 0.6) is 0 Å². The van der Waals surface area contributed by atoms with Gasteiger partial charge in [-0.2, -0.15) is 0 Å². The average molecular weight is 415 g/mol. The molecule has 27 heavy (non-hydrogen) atoms. The molecule has 1 fully saturated rings. The van der Waals surface area contributed by atoms with Gasteiger partial charge in [-0.05, 0) is 64.7 Å². The minimum Gasteiger partial charge on any atom is -0.444 e. The van der Waals surface area contributed by atoms with E-state index < -0.39 is 5.60 Å². The summed E-state index contributed by atoms with van der Waals surface area (Å²) >= 11 is 12.0. The molecule has 7 heteroatoms. The van der Waals surface area contributed by atoms with Gasteiger partial charge in [-0.1, -0.05) is 23.2 Å². The second-order valence-electron chi connectivity index (χ2n) is 7.85. The summed E-state index contributed by atoms with van der Waals surface area (Å²) < 4.78 is 5.42. The summed E-state index contributed by atoms with van der Waals surface area (Å²) in [7, 11) is 0. The SMILES string of the molecule is CCN(C(=O)CC1CCN(C(=O)OC(C)(C)C)CC1)c1ccc(Cl)c(Cl)c1. The summed E-state index contributed by atoms with van der Waals surface area (Å²) in [6.45, 7) is 9.31. The van der Waals surface area contributed by atoms with E-state index in [9.17, 15) is 9.59 Å². The lowest BCUT2D eigenvalue weighted by molar-refractivity contribution is -0.119. The normalized spacial score (nSPS) is 15.6. The van der Waals surface area contributed by atoms with Crippen molar-refractivity contribution < 1.29 is 14.3 Å². The second kappa shape index (κ2) is 9.16. The molecular formula is C20H28Cl2N2O3. The molecule has 0 bridgehead atoms. The van der Waals surface area contributed by atoms with E-state index in [-0.39, 0.29) is 17.9 Å². The van der Waals surface area contributed by atoms with Gasteiger partial charge in [-0.3, -0.25) is 4.79 Å². The Morgan fingerprint density at radius 3 is 2.33 bits per heavy atom. The Kier molecular flexibility index (Phi) is 7.40. The van der Waals surface area contributed by atoms with Crippen LogP contribution in [-0.4, -0.2) is 42.1 Å². The van der Waals surface area contributed by atoms with Crippen molar-refractivity contribution in [2.45, 2.75) is 52.6 Å². The van der Waals surface area contributed by atoms with Crippen LogP contribution >= 0.6 is 23.2 Å². The number of benzene rings is 1. The third kappa shape index (κ3) is 6.28. The largest absolute Gasteiger partial charge is 0.444 e. The molecule has 1 aliphatic heterocycles. The molecule has 1 heterocycles. The molecule has 1 saturated heterocycles. The number of piperidine rings is 1. The van der Waals surface area contributed by atoms with E-state index in [1.54, 1.807) is 28.0 Å². The van der Waals surface area contributed by atoms with Gasteiger partial charge in [0.15, 0.2) is 0 Å². The summed E-state index contributed by atoms with van der Waals surface area (Å²) in [4.78, 5) is 28.4. The lowest BCUT2D eigenvalue weighted by Crippen LogP contribution is -2.42. The zero-order valence-electron chi connectivity index (χ0n) is 16.4. The molecule has 0 aliphatic carbocycles. The number of hydrogen-bond acceptors (Lipinski definition) is 3. The quantitative estimate of drug-likeness (QED) is 0.663. The van der Waals surface area contributed by atoms with Crippen LogP contribution < -0.4 is 4.90 Å². The van der Waals surface area contributed by atoms with E-state index in [2.05, 4.69) is 0 Å². The molecular weight excluding hydrogens is 387 g/mol. The van der Waals surface area contributed by atoms with Crippen molar-refractivity contribution in [2.75, 3.05) is 24.5 Å². The van der Waals surface area contributed by atoms with Crippen LogP contribution in [0.4, 0.5) is 10.5 Å². The number of carbonyl (C=O) groups is 2. The third-order valence-electron chi connectivity index (χ3n) is 4.56. The first kappa shape index (κ1) is 21.8. The minimum atomic E-state index is -0.495. The molecule has 1 aromatic carbocycles. The molecule has 1 aliphatic rings. The highest BCUT2D eigenvalue weighted by Crippen LogP contribution is 2.29. The van der Waals surface area contributed by atoms with E-state index in [4.69, 9.17) is 27.9 Å². The fourth-order valence-corrected chi connectivity index (χ4v) is 3.45. The van der Waals surface area contributed by atoms with Gasteiger partial charge < -0.3 is 14.5 Å². The molecule has 0 atom stereocenters. The Labute approximate surface area is 171 Å². The fraction of sp³-hybridized carbons (Fsp3) is 0.600. The fourth-order valence-electron chi connectivity index (χ4n) is 3.16. The molecule has 2 amide bonds. The Morgan fingerprint density at radius 1 is 1.19 bits per heavy atom. The lowest BCUT2D eigenvalue weighted by Gasteiger charge is -2.34. The first-order valence-electron chi connectivity index (χ1n) is 9.34. The first-order chi connectivity index (χ1) is 12.6. The number of halogens is 2. The van der Waals surface area contributed by atoms with E-state index >= 15 is 0 Å². The summed E-state index contributed by atoms with van der Waals surface area (Å²) in [6, 6.07) is 5.23. The maximum Gasteiger partial charge on any atom is 0.410 e. The van der Waals surface area contributed by atoms with Crippen molar-refractivity contribution in [1.82, 2.24) is 4.90 Å². The maximum atomic E-state index is 12.8. The number of hydrogen-bond donors (Lipinski definition) is 0. The minimum absolute atomic E-state index is 0.0617. The van der Waals surface area contributed by atoms with Crippen LogP contribution in [-0.2, 0) is 9.53 Å². The van der Waals surface area contributed by atoms with Crippen LogP contribution in [0.2, 0.25) is 10.0 Å². The van der Waals surface area contributed by atoms with Crippen LogP contribution in [0.3, 0.4) is 0 Å². The molecule has 0 radical (unpaired) electrons. The predicted molar refractivity (Wildman–Crippen MR) is 110 cm³/mol. The number of amides is 2. The van der Waals surface area contributed by atoms with Crippen molar-refractivity contribution in [2.24, 2.45) is 5.92 Å². The van der Waals surface area contributed by atoms with Gasteiger partial charge in [0.25, 0.3) is 0 Å². The van der Waals surface area contributed by atoms with Gasteiger partial charge in [-0.25, -0.2) is 4.79 Å². The number of ether oxygens (including phenoxy) is 1. The molecule has 2 rings (SSSR count). The summed E-state index contributed by atoms with van der Waals surface area (Å²) in [6.07, 6.45) is 1.77. The summed E-state index contributed by atoms with van der Waals surface area (Å²) in [5, 5.41) is 0.907. The van der Waals surface area contributed by atoms with Crippen LogP contribution in [0.15, 0.2) is 18.2 Å². The average Bonchev–Trinajstić information content (AvgIpc) is 2.57. The Balaban J connectivity index is 1.90. The number of nitrogens with zero attached hydrogens (tertiary/aromatic N) is 2. The van der Waals surface area contributed by atoms with Crippen LogP contribution in [0, 0.1) is 5.92 Å². The number of anilines is 1. The van der Waals surface area contributed by atoms with Crippen LogP contribution in [0.1, 0.15) is 47.0 Å². The number of likely N-dealkylation sites (tertiary alicyclic amines) is 1. The van der Waals surface area contributed by atoms with E-state index in [0.29, 0.717) is 36.1 Å². The van der Waals surface area contributed by atoms with E-state index in [1.807, 2.05) is 27.7 Å². The number of rotatable bonds is 4. The smallest absolute Gasteiger partial charge is 0.410 e. The van der Waals surface area contributed by atoms with Gasteiger partial charge in [0.1, 0.15) is 5.60 Å². The summed E-state index contributed by atoms with van der Waals surface area (Å²) in [5.74, 6) is 0.319. The van der Waals surface area contributed by atoms with Crippen LogP contribution in [0.25, 0.3) is 0 Å². The molecule has 0 spiro atoms.